The number of para-hydroxylation sites is 1. The van der Waals surface area contributed by atoms with Crippen molar-refractivity contribution in [2.45, 2.75) is 0 Å². The first-order valence-corrected chi connectivity index (χ1v) is 8.37. The van der Waals surface area contributed by atoms with Gasteiger partial charge in [-0.15, -0.1) is 0 Å². The Kier molecular flexibility index (Phi) is 5.53. The van der Waals surface area contributed by atoms with E-state index in [-0.39, 0.29) is 18.3 Å². The third-order valence-electron chi connectivity index (χ3n) is 3.80. The molecular formula is C19H17ClFN3O2. The van der Waals surface area contributed by atoms with E-state index in [1.54, 1.807) is 35.7 Å². The van der Waals surface area contributed by atoms with E-state index in [1.165, 1.54) is 17.0 Å². The second-order valence-corrected chi connectivity index (χ2v) is 5.95. The molecule has 5 nitrogen and oxygen atoms in total. The Morgan fingerprint density at radius 2 is 2.08 bits per heavy atom. The van der Waals surface area contributed by atoms with Crippen molar-refractivity contribution >= 4 is 29.2 Å². The fraction of sp³-hybridized carbons (Fsp3) is 0.158. The number of amides is 1. The van der Waals surface area contributed by atoms with Crippen LogP contribution in [-0.2, 0) is 4.79 Å². The Hall–Kier alpha value is -2.86. The molecule has 0 aliphatic rings. The fourth-order valence-corrected chi connectivity index (χ4v) is 2.62. The van der Waals surface area contributed by atoms with Crippen LogP contribution in [0.15, 0.2) is 54.7 Å². The van der Waals surface area contributed by atoms with Gasteiger partial charge in [0.2, 0.25) is 5.91 Å². The van der Waals surface area contributed by atoms with E-state index in [4.69, 9.17) is 16.3 Å². The number of carbonyl (C=O) groups is 1. The summed E-state index contributed by atoms with van der Waals surface area (Å²) < 4.78 is 20.6. The van der Waals surface area contributed by atoms with Crippen LogP contribution in [0, 0.1) is 5.82 Å². The fourth-order valence-electron chi connectivity index (χ4n) is 2.38. The van der Waals surface area contributed by atoms with Crippen molar-refractivity contribution in [1.29, 1.82) is 0 Å². The number of pyridine rings is 1. The Morgan fingerprint density at radius 3 is 2.88 bits per heavy atom. The molecule has 0 saturated carbocycles. The lowest BCUT2D eigenvalue weighted by Crippen LogP contribution is -2.29. The minimum absolute atomic E-state index is 0.168. The quantitative estimate of drug-likeness (QED) is 0.619. The highest BCUT2D eigenvalue weighted by Gasteiger charge is 2.10. The molecule has 1 aromatic carbocycles. The van der Waals surface area contributed by atoms with Crippen LogP contribution in [0.25, 0.3) is 11.7 Å². The maximum Gasteiger partial charge on any atom is 0.246 e. The summed E-state index contributed by atoms with van der Waals surface area (Å²) in [6, 6.07) is 11.7. The summed E-state index contributed by atoms with van der Waals surface area (Å²) in [5.41, 5.74) is 1.34. The van der Waals surface area contributed by atoms with Crippen LogP contribution in [-0.4, -0.2) is 40.4 Å². The van der Waals surface area contributed by atoms with Crippen molar-refractivity contribution < 1.29 is 13.9 Å². The summed E-state index contributed by atoms with van der Waals surface area (Å²) in [6.45, 7) is 0.506. The van der Waals surface area contributed by atoms with Crippen molar-refractivity contribution in [2.24, 2.45) is 0 Å². The Bertz CT molecular complexity index is 955. The minimum Gasteiger partial charge on any atom is -0.489 e. The monoisotopic (exact) mass is 373 g/mol. The molecule has 0 radical (unpaired) electrons. The number of hydrogen-bond donors (Lipinski definition) is 0. The zero-order valence-electron chi connectivity index (χ0n) is 14.1. The van der Waals surface area contributed by atoms with Crippen molar-refractivity contribution in [1.82, 2.24) is 14.3 Å². The standard InChI is InChI=1S/C19H17ClFN3O2/c1-23(12-13-26-16-7-3-2-6-14(16)21)18(25)10-9-15-19(20)22-17-8-4-5-11-24(15)17/h2-11H,12-13H2,1H3. The number of benzene rings is 1. The molecule has 0 atom stereocenters. The number of rotatable bonds is 6. The van der Waals surface area contributed by atoms with Gasteiger partial charge in [0.15, 0.2) is 16.7 Å². The van der Waals surface area contributed by atoms with Gasteiger partial charge in [-0.25, -0.2) is 9.37 Å². The van der Waals surface area contributed by atoms with Crippen LogP contribution in [0.4, 0.5) is 4.39 Å². The highest BCUT2D eigenvalue weighted by atomic mass is 35.5. The van der Waals surface area contributed by atoms with Gasteiger partial charge in [0.1, 0.15) is 12.3 Å². The number of fused-ring (bicyclic) bond motifs is 1. The molecule has 0 spiro atoms. The van der Waals surface area contributed by atoms with Crippen molar-refractivity contribution in [3.8, 4) is 5.75 Å². The van der Waals surface area contributed by atoms with Gasteiger partial charge in [-0.1, -0.05) is 29.8 Å². The van der Waals surface area contributed by atoms with Gasteiger partial charge < -0.3 is 9.64 Å². The third kappa shape index (κ3) is 4.03. The second kappa shape index (κ2) is 8.01. The summed E-state index contributed by atoms with van der Waals surface area (Å²) >= 11 is 6.13. The highest BCUT2D eigenvalue weighted by molar-refractivity contribution is 6.31. The maximum atomic E-state index is 13.5. The van der Waals surface area contributed by atoms with Crippen LogP contribution in [0.5, 0.6) is 5.75 Å². The molecule has 0 N–H and O–H groups in total. The number of likely N-dealkylation sites (N-methyl/N-ethyl adjacent to an activating group) is 1. The van der Waals surface area contributed by atoms with Gasteiger partial charge in [-0.2, -0.15) is 0 Å². The van der Waals surface area contributed by atoms with Gasteiger partial charge in [0.25, 0.3) is 0 Å². The lowest BCUT2D eigenvalue weighted by Gasteiger charge is -2.15. The number of ether oxygens (including phenoxy) is 1. The largest absolute Gasteiger partial charge is 0.489 e. The number of halogens is 2. The van der Waals surface area contributed by atoms with E-state index < -0.39 is 5.82 Å². The maximum absolute atomic E-state index is 13.5. The van der Waals surface area contributed by atoms with Crippen LogP contribution >= 0.6 is 11.6 Å². The smallest absolute Gasteiger partial charge is 0.246 e. The molecule has 2 heterocycles. The third-order valence-corrected chi connectivity index (χ3v) is 4.08. The van der Waals surface area contributed by atoms with Crippen molar-refractivity contribution in [3.63, 3.8) is 0 Å². The minimum atomic E-state index is -0.427. The Labute approximate surface area is 155 Å². The summed E-state index contributed by atoms with van der Waals surface area (Å²) in [7, 11) is 1.65. The highest BCUT2D eigenvalue weighted by Crippen LogP contribution is 2.19. The summed E-state index contributed by atoms with van der Waals surface area (Å²) in [5.74, 6) is -0.478. The lowest BCUT2D eigenvalue weighted by molar-refractivity contribution is -0.125. The number of nitrogens with zero attached hydrogens (tertiary/aromatic N) is 3. The zero-order chi connectivity index (χ0) is 18.5. The normalized spacial score (nSPS) is 11.2. The molecule has 3 aromatic rings. The summed E-state index contributed by atoms with van der Waals surface area (Å²) in [4.78, 5) is 17.9. The molecule has 3 rings (SSSR count). The first-order chi connectivity index (χ1) is 12.6. The molecule has 0 unspecified atom stereocenters. The molecule has 0 aliphatic heterocycles. The van der Waals surface area contributed by atoms with Gasteiger partial charge in [-0.3, -0.25) is 9.20 Å². The first kappa shape index (κ1) is 17.9. The van der Waals surface area contributed by atoms with Gasteiger partial charge >= 0.3 is 0 Å². The van der Waals surface area contributed by atoms with Crippen LogP contribution in [0.1, 0.15) is 5.69 Å². The number of hydrogen-bond acceptors (Lipinski definition) is 3. The lowest BCUT2D eigenvalue weighted by atomic mass is 10.3. The van der Waals surface area contributed by atoms with E-state index in [0.29, 0.717) is 23.0 Å². The van der Waals surface area contributed by atoms with Crippen molar-refractivity contribution in [2.75, 3.05) is 20.2 Å². The Morgan fingerprint density at radius 1 is 1.31 bits per heavy atom. The predicted molar refractivity (Wildman–Crippen MR) is 98.8 cm³/mol. The van der Waals surface area contributed by atoms with Gasteiger partial charge in [0, 0.05) is 19.3 Å². The average Bonchev–Trinajstić information content (AvgIpc) is 2.96. The molecule has 134 valence electrons. The molecule has 0 aliphatic carbocycles. The molecule has 0 bridgehead atoms. The molecule has 2 aromatic heterocycles. The van der Waals surface area contributed by atoms with E-state index in [0.717, 1.165) is 0 Å². The number of imidazole rings is 1. The van der Waals surface area contributed by atoms with Crippen LogP contribution < -0.4 is 4.74 Å². The van der Waals surface area contributed by atoms with Gasteiger partial charge in [-0.05, 0) is 30.3 Å². The topological polar surface area (TPSA) is 46.8 Å². The van der Waals surface area contributed by atoms with Crippen LogP contribution in [0.2, 0.25) is 5.15 Å². The predicted octanol–water partition coefficient (Wildman–Crippen LogP) is 3.68. The van der Waals surface area contributed by atoms with Crippen molar-refractivity contribution in [3.05, 3.63) is 71.4 Å². The van der Waals surface area contributed by atoms with Gasteiger partial charge in [0.05, 0.1) is 12.2 Å². The van der Waals surface area contributed by atoms with E-state index in [2.05, 4.69) is 4.98 Å². The molecule has 7 heteroatoms. The molecule has 0 saturated heterocycles. The average molecular weight is 374 g/mol. The first-order valence-electron chi connectivity index (χ1n) is 7.99. The number of carbonyl (C=O) groups excluding carboxylic acids is 1. The van der Waals surface area contributed by atoms with E-state index in [9.17, 15) is 9.18 Å². The van der Waals surface area contributed by atoms with Crippen LogP contribution in [0.3, 0.4) is 0 Å². The summed E-state index contributed by atoms with van der Waals surface area (Å²) in [6.07, 6.45) is 4.87. The molecule has 26 heavy (non-hydrogen) atoms. The summed E-state index contributed by atoms with van der Waals surface area (Å²) in [5, 5.41) is 0.325. The molecule has 0 fully saturated rings. The SMILES string of the molecule is CN(CCOc1ccccc1F)C(=O)C=Cc1c(Cl)nc2ccccn12. The van der Waals surface area contributed by atoms with E-state index >= 15 is 0 Å². The second-order valence-electron chi connectivity index (χ2n) is 5.59. The molecule has 1 amide bonds. The van der Waals surface area contributed by atoms with E-state index in [1.807, 2.05) is 24.4 Å². The zero-order valence-corrected chi connectivity index (χ0v) is 14.9. The number of aromatic nitrogens is 2. The molecular weight excluding hydrogens is 357 g/mol. The Balaban J connectivity index is 1.59.